The van der Waals surface area contributed by atoms with Crippen LogP contribution >= 0.6 is 0 Å². The predicted molar refractivity (Wildman–Crippen MR) is 98.2 cm³/mol. The van der Waals surface area contributed by atoms with Crippen LogP contribution in [-0.4, -0.2) is 20.5 Å². The molecule has 0 aliphatic carbocycles. The van der Waals surface area contributed by atoms with Crippen molar-refractivity contribution in [3.05, 3.63) is 72.9 Å². The molecule has 122 valence electrons. The summed E-state index contributed by atoms with van der Waals surface area (Å²) < 4.78 is 1.68. The Hall–Kier alpha value is -3.47. The number of hydrogen-bond donors (Lipinski definition) is 1. The van der Waals surface area contributed by atoms with Crippen LogP contribution in [0.15, 0.2) is 72.9 Å². The Bertz CT molecular complexity index is 1050. The lowest BCUT2D eigenvalue weighted by molar-refractivity contribution is -0.114. The van der Waals surface area contributed by atoms with Gasteiger partial charge in [0.1, 0.15) is 0 Å². The van der Waals surface area contributed by atoms with Crippen molar-refractivity contribution in [2.24, 2.45) is 0 Å². The molecule has 0 saturated heterocycles. The molecular weight excluding hydrogens is 312 g/mol. The minimum atomic E-state index is -0.188. The van der Waals surface area contributed by atoms with Crippen molar-refractivity contribution in [2.75, 3.05) is 5.32 Å². The molecule has 0 radical (unpaired) electrons. The average molecular weight is 328 g/mol. The highest BCUT2D eigenvalue weighted by molar-refractivity contribution is 5.86. The molecule has 1 N–H and O–H groups in total. The van der Waals surface area contributed by atoms with Gasteiger partial charge in [0.05, 0.1) is 0 Å². The maximum Gasteiger partial charge on any atom is 0.249 e. The fourth-order valence-electron chi connectivity index (χ4n) is 2.77. The van der Waals surface area contributed by atoms with Crippen molar-refractivity contribution in [3.63, 3.8) is 0 Å². The molecule has 1 amide bonds. The molecular formula is C20H16N4O. The number of amides is 1. The number of pyridine rings is 1. The number of aromatic nitrogens is 3. The molecule has 25 heavy (non-hydrogen) atoms. The number of carbonyl (C=O) groups is 1. The van der Waals surface area contributed by atoms with Crippen LogP contribution in [0.5, 0.6) is 0 Å². The van der Waals surface area contributed by atoms with Crippen LogP contribution in [0.2, 0.25) is 0 Å². The predicted octanol–water partition coefficient (Wildman–Crippen LogP) is 4.02. The standard InChI is InChI=1S/C20H16N4O/c1-14(25)21-20-22-19-11-10-18(13-24(19)23-20)17-9-5-8-16(12-17)15-6-3-2-4-7-15/h2-13H,1H3,(H,21,23,25). The third kappa shape index (κ3) is 3.12. The van der Waals surface area contributed by atoms with Gasteiger partial charge in [0.15, 0.2) is 5.65 Å². The Labute approximate surface area is 145 Å². The van der Waals surface area contributed by atoms with E-state index in [0.717, 1.165) is 16.7 Å². The molecule has 2 aromatic carbocycles. The number of benzene rings is 2. The van der Waals surface area contributed by atoms with E-state index >= 15 is 0 Å². The summed E-state index contributed by atoms with van der Waals surface area (Å²) in [5, 5.41) is 6.90. The fraction of sp³-hybridized carbons (Fsp3) is 0.0500. The monoisotopic (exact) mass is 328 g/mol. The van der Waals surface area contributed by atoms with Gasteiger partial charge in [-0.15, -0.1) is 5.10 Å². The molecule has 5 nitrogen and oxygen atoms in total. The largest absolute Gasteiger partial charge is 0.293 e. The van der Waals surface area contributed by atoms with E-state index in [1.54, 1.807) is 4.52 Å². The summed E-state index contributed by atoms with van der Waals surface area (Å²) in [6.07, 6.45) is 1.91. The third-order valence-corrected chi connectivity index (χ3v) is 3.92. The van der Waals surface area contributed by atoms with Crippen molar-refractivity contribution >= 4 is 17.5 Å². The molecule has 0 fully saturated rings. The highest BCUT2D eigenvalue weighted by Gasteiger charge is 2.07. The highest BCUT2D eigenvalue weighted by atomic mass is 16.1. The highest BCUT2D eigenvalue weighted by Crippen LogP contribution is 2.26. The van der Waals surface area contributed by atoms with Crippen LogP contribution in [0, 0.1) is 0 Å². The van der Waals surface area contributed by atoms with Crippen molar-refractivity contribution in [2.45, 2.75) is 6.92 Å². The molecule has 0 unspecified atom stereocenters. The first kappa shape index (κ1) is 15.1. The van der Waals surface area contributed by atoms with E-state index in [9.17, 15) is 4.79 Å². The minimum absolute atomic E-state index is 0.188. The molecule has 0 aliphatic heterocycles. The Morgan fingerprint density at radius 2 is 1.60 bits per heavy atom. The van der Waals surface area contributed by atoms with E-state index < -0.39 is 0 Å². The lowest BCUT2D eigenvalue weighted by atomic mass is 10.0. The van der Waals surface area contributed by atoms with Crippen molar-refractivity contribution in [3.8, 4) is 22.3 Å². The summed E-state index contributed by atoms with van der Waals surface area (Å²) in [4.78, 5) is 15.4. The van der Waals surface area contributed by atoms with Crippen molar-refractivity contribution in [1.82, 2.24) is 14.6 Å². The number of nitrogens with zero attached hydrogens (tertiary/aromatic N) is 3. The van der Waals surface area contributed by atoms with Gasteiger partial charge in [0.25, 0.3) is 0 Å². The van der Waals surface area contributed by atoms with E-state index in [1.807, 2.05) is 42.6 Å². The second-order valence-corrected chi connectivity index (χ2v) is 5.78. The quantitative estimate of drug-likeness (QED) is 0.618. The SMILES string of the molecule is CC(=O)Nc1nc2ccc(-c3cccc(-c4ccccc4)c3)cn2n1. The van der Waals surface area contributed by atoms with Gasteiger partial charge in [-0.2, -0.15) is 4.98 Å². The smallest absolute Gasteiger partial charge is 0.249 e. The molecule has 0 aliphatic rings. The van der Waals surface area contributed by atoms with Gasteiger partial charge in [-0.25, -0.2) is 4.52 Å². The van der Waals surface area contributed by atoms with E-state index in [1.165, 1.54) is 12.5 Å². The van der Waals surface area contributed by atoms with E-state index in [4.69, 9.17) is 0 Å². The number of rotatable bonds is 3. The first-order valence-corrected chi connectivity index (χ1v) is 7.99. The Balaban J connectivity index is 1.73. The van der Waals surface area contributed by atoms with Crippen LogP contribution < -0.4 is 5.32 Å². The summed E-state index contributed by atoms with van der Waals surface area (Å²) in [5.41, 5.74) is 5.16. The number of fused-ring (bicyclic) bond motifs is 1. The summed E-state index contributed by atoms with van der Waals surface area (Å²) in [6, 6.07) is 22.5. The molecule has 0 bridgehead atoms. The molecule has 2 heterocycles. The van der Waals surface area contributed by atoms with Crippen LogP contribution in [0.25, 0.3) is 27.9 Å². The van der Waals surface area contributed by atoms with E-state index in [-0.39, 0.29) is 5.91 Å². The second-order valence-electron chi connectivity index (χ2n) is 5.78. The first-order chi connectivity index (χ1) is 12.2. The Morgan fingerprint density at radius 1 is 0.880 bits per heavy atom. The number of nitrogens with one attached hydrogen (secondary N) is 1. The lowest BCUT2D eigenvalue weighted by Gasteiger charge is -2.06. The zero-order valence-corrected chi connectivity index (χ0v) is 13.7. The Kier molecular flexibility index (Phi) is 3.74. The van der Waals surface area contributed by atoms with Gasteiger partial charge in [-0.1, -0.05) is 48.5 Å². The number of carbonyl (C=O) groups excluding carboxylic acids is 1. The van der Waals surface area contributed by atoms with Gasteiger partial charge in [-0.05, 0) is 34.9 Å². The maximum atomic E-state index is 11.2. The summed E-state index contributed by atoms with van der Waals surface area (Å²) in [7, 11) is 0. The van der Waals surface area contributed by atoms with E-state index in [2.05, 4.69) is 45.7 Å². The second kappa shape index (κ2) is 6.20. The normalized spacial score (nSPS) is 10.8. The number of anilines is 1. The minimum Gasteiger partial charge on any atom is -0.293 e. The molecule has 0 atom stereocenters. The maximum absolute atomic E-state index is 11.2. The van der Waals surface area contributed by atoms with E-state index in [0.29, 0.717) is 11.6 Å². The molecule has 0 spiro atoms. The molecule has 2 aromatic heterocycles. The average Bonchev–Trinajstić information content (AvgIpc) is 3.03. The molecule has 0 saturated carbocycles. The van der Waals surface area contributed by atoms with Crippen LogP contribution in [-0.2, 0) is 4.79 Å². The van der Waals surface area contributed by atoms with Gasteiger partial charge in [0.2, 0.25) is 11.9 Å². The van der Waals surface area contributed by atoms with Crippen LogP contribution in [0.3, 0.4) is 0 Å². The molecule has 4 aromatic rings. The van der Waals surface area contributed by atoms with Gasteiger partial charge in [-0.3, -0.25) is 10.1 Å². The van der Waals surface area contributed by atoms with Crippen molar-refractivity contribution in [1.29, 1.82) is 0 Å². The van der Waals surface area contributed by atoms with Gasteiger partial charge in [0, 0.05) is 18.7 Å². The first-order valence-electron chi connectivity index (χ1n) is 7.99. The zero-order valence-electron chi connectivity index (χ0n) is 13.7. The van der Waals surface area contributed by atoms with Crippen LogP contribution in [0.4, 0.5) is 5.95 Å². The molecule has 5 heteroatoms. The molecule has 4 rings (SSSR count). The van der Waals surface area contributed by atoms with Gasteiger partial charge >= 0.3 is 0 Å². The summed E-state index contributed by atoms with van der Waals surface area (Å²) in [6.45, 7) is 1.44. The van der Waals surface area contributed by atoms with Crippen molar-refractivity contribution < 1.29 is 4.79 Å². The number of hydrogen-bond acceptors (Lipinski definition) is 3. The third-order valence-electron chi connectivity index (χ3n) is 3.92. The lowest BCUT2D eigenvalue weighted by Crippen LogP contribution is -2.07. The van der Waals surface area contributed by atoms with Crippen LogP contribution in [0.1, 0.15) is 6.92 Å². The zero-order chi connectivity index (χ0) is 17.2. The summed E-state index contributed by atoms with van der Waals surface area (Å²) >= 11 is 0. The Morgan fingerprint density at radius 3 is 2.36 bits per heavy atom. The van der Waals surface area contributed by atoms with Gasteiger partial charge < -0.3 is 0 Å². The topological polar surface area (TPSA) is 59.3 Å². The fourth-order valence-corrected chi connectivity index (χ4v) is 2.77. The summed E-state index contributed by atoms with van der Waals surface area (Å²) in [5.74, 6) is 0.120.